The van der Waals surface area contributed by atoms with Crippen LogP contribution in [0.3, 0.4) is 0 Å². The van der Waals surface area contributed by atoms with E-state index in [0.29, 0.717) is 31.2 Å². The summed E-state index contributed by atoms with van der Waals surface area (Å²) in [5.74, 6) is -3.53. The predicted molar refractivity (Wildman–Crippen MR) is 135 cm³/mol. The number of carbonyl (C=O) groups excluding carboxylic acids is 2. The molecule has 194 valence electrons. The molecule has 0 radical (unpaired) electrons. The molecule has 4 rings (SSSR count). The van der Waals surface area contributed by atoms with Gasteiger partial charge in [-0.2, -0.15) is 0 Å². The average molecular weight is 510 g/mol. The van der Waals surface area contributed by atoms with E-state index in [0.717, 1.165) is 22.9 Å². The van der Waals surface area contributed by atoms with Gasteiger partial charge < -0.3 is 15.2 Å². The SMILES string of the molecule is O=C(O)CC1CCC(Oc2cc(F)c(C(=O)CCCNC(=O)c3ccc4ccccc4c3)cc2F)CC1. The van der Waals surface area contributed by atoms with Crippen LogP contribution in [0.2, 0.25) is 0 Å². The highest BCUT2D eigenvalue weighted by molar-refractivity contribution is 5.99. The van der Waals surface area contributed by atoms with Crippen LogP contribution >= 0.6 is 0 Å². The second kappa shape index (κ2) is 12.0. The van der Waals surface area contributed by atoms with Crippen molar-refractivity contribution >= 4 is 28.4 Å². The second-order valence-electron chi connectivity index (χ2n) is 9.47. The number of amides is 1. The Labute approximate surface area is 213 Å². The van der Waals surface area contributed by atoms with Gasteiger partial charge in [0, 0.05) is 31.0 Å². The maximum absolute atomic E-state index is 14.6. The van der Waals surface area contributed by atoms with E-state index in [-0.39, 0.29) is 55.0 Å². The number of carboxylic acids is 1. The number of ether oxygens (including phenoxy) is 1. The molecule has 37 heavy (non-hydrogen) atoms. The maximum atomic E-state index is 14.6. The Hall–Kier alpha value is -3.81. The minimum Gasteiger partial charge on any atom is -0.487 e. The molecular formula is C29H29F2NO5. The number of carbonyl (C=O) groups is 3. The van der Waals surface area contributed by atoms with Crippen LogP contribution < -0.4 is 10.1 Å². The van der Waals surface area contributed by atoms with Gasteiger partial charge in [0.2, 0.25) is 0 Å². The Balaban J connectivity index is 1.26. The minimum absolute atomic E-state index is 0.0534. The van der Waals surface area contributed by atoms with Crippen molar-refractivity contribution in [2.75, 3.05) is 6.54 Å². The van der Waals surface area contributed by atoms with Crippen molar-refractivity contribution in [3.63, 3.8) is 0 Å². The lowest BCUT2D eigenvalue weighted by atomic mass is 9.85. The molecule has 1 aliphatic rings. The third-order valence-corrected chi connectivity index (χ3v) is 6.75. The second-order valence-corrected chi connectivity index (χ2v) is 9.47. The van der Waals surface area contributed by atoms with E-state index in [1.807, 2.05) is 30.3 Å². The molecule has 6 nitrogen and oxygen atoms in total. The number of benzene rings is 3. The van der Waals surface area contributed by atoms with E-state index in [1.165, 1.54) is 0 Å². The molecule has 1 fully saturated rings. The predicted octanol–water partition coefficient (Wildman–Crippen LogP) is 5.92. The topological polar surface area (TPSA) is 92.7 Å². The molecule has 0 bridgehead atoms. The highest BCUT2D eigenvalue weighted by Crippen LogP contribution is 2.31. The third-order valence-electron chi connectivity index (χ3n) is 6.75. The van der Waals surface area contributed by atoms with E-state index >= 15 is 0 Å². The van der Waals surface area contributed by atoms with Gasteiger partial charge in [-0.1, -0.05) is 30.3 Å². The fraction of sp³-hybridized carbons (Fsp3) is 0.345. The summed E-state index contributed by atoms with van der Waals surface area (Å²) >= 11 is 0. The highest BCUT2D eigenvalue weighted by Gasteiger charge is 2.26. The first kappa shape index (κ1) is 26.3. The van der Waals surface area contributed by atoms with Gasteiger partial charge in [0.1, 0.15) is 5.82 Å². The average Bonchev–Trinajstić information content (AvgIpc) is 2.88. The Morgan fingerprint density at radius 2 is 1.65 bits per heavy atom. The number of fused-ring (bicyclic) bond motifs is 1. The number of halogens is 2. The van der Waals surface area contributed by atoms with Crippen LogP contribution in [0.1, 0.15) is 65.7 Å². The van der Waals surface area contributed by atoms with Crippen molar-refractivity contribution in [1.29, 1.82) is 0 Å². The van der Waals surface area contributed by atoms with Gasteiger partial charge in [-0.25, -0.2) is 8.78 Å². The van der Waals surface area contributed by atoms with Crippen LogP contribution in [-0.4, -0.2) is 35.4 Å². The van der Waals surface area contributed by atoms with Crippen molar-refractivity contribution in [3.8, 4) is 5.75 Å². The van der Waals surface area contributed by atoms with Gasteiger partial charge in [-0.15, -0.1) is 0 Å². The van der Waals surface area contributed by atoms with Crippen LogP contribution in [-0.2, 0) is 4.79 Å². The lowest BCUT2D eigenvalue weighted by molar-refractivity contribution is -0.138. The summed E-state index contributed by atoms with van der Waals surface area (Å²) < 4.78 is 34.9. The van der Waals surface area contributed by atoms with E-state index in [9.17, 15) is 23.2 Å². The Morgan fingerprint density at radius 1 is 0.919 bits per heavy atom. The number of aliphatic carboxylic acids is 1. The summed E-state index contributed by atoms with van der Waals surface area (Å²) in [5.41, 5.74) is 0.153. The monoisotopic (exact) mass is 509 g/mol. The summed E-state index contributed by atoms with van der Waals surface area (Å²) in [7, 11) is 0. The molecule has 3 aromatic rings. The number of carboxylic acid groups (broad SMARTS) is 1. The van der Waals surface area contributed by atoms with Gasteiger partial charge in [-0.05, 0) is 67.0 Å². The molecule has 2 N–H and O–H groups in total. The standard InChI is InChI=1S/C29H29F2NO5/c30-24-17-27(37-22-11-7-18(8-12-22)14-28(34)35)25(31)16-23(24)26(33)6-3-13-32-29(36)21-10-9-19-4-1-2-5-20(19)15-21/h1-2,4-5,9-10,15-18,22H,3,6-8,11-14H2,(H,32,36)(H,34,35). The van der Waals surface area contributed by atoms with Gasteiger partial charge >= 0.3 is 5.97 Å². The number of hydrogen-bond donors (Lipinski definition) is 2. The molecule has 1 aliphatic carbocycles. The number of nitrogens with one attached hydrogen (secondary N) is 1. The zero-order chi connectivity index (χ0) is 26.4. The number of Topliss-reactive ketones (excluding diaryl/α,β-unsaturated/α-hetero) is 1. The van der Waals surface area contributed by atoms with Gasteiger partial charge in [0.15, 0.2) is 17.3 Å². The van der Waals surface area contributed by atoms with Crippen LogP contribution in [0, 0.1) is 17.6 Å². The zero-order valence-electron chi connectivity index (χ0n) is 20.3. The maximum Gasteiger partial charge on any atom is 0.303 e. The van der Waals surface area contributed by atoms with Crippen LogP contribution in [0.25, 0.3) is 10.8 Å². The summed E-state index contributed by atoms with van der Waals surface area (Å²) in [6.45, 7) is 0.216. The summed E-state index contributed by atoms with van der Waals surface area (Å²) in [6, 6.07) is 14.8. The summed E-state index contributed by atoms with van der Waals surface area (Å²) in [4.78, 5) is 35.8. The van der Waals surface area contributed by atoms with E-state index in [4.69, 9.17) is 9.84 Å². The Bertz CT molecular complexity index is 1300. The highest BCUT2D eigenvalue weighted by atomic mass is 19.1. The lowest BCUT2D eigenvalue weighted by Gasteiger charge is -2.28. The quantitative estimate of drug-likeness (QED) is 0.261. The minimum atomic E-state index is -0.860. The van der Waals surface area contributed by atoms with Crippen molar-refractivity contribution in [2.24, 2.45) is 5.92 Å². The van der Waals surface area contributed by atoms with Crippen LogP contribution in [0.15, 0.2) is 54.6 Å². The Morgan fingerprint density at radius 3 is 2.38 bits per heavy atom. The molecule has 0 spiro atoms. The van der Waals surface area contributed by atoms with Crippen molar-refractivity contribution in [1.82, 2.24) is 5.32 Å². The first-order chi connectivity index (χ1) is 17.8. The normalized spacial score (nSPS) is 17.4. The molecule has 0 aromatic heterocycles. The number of ketones is 1. The summed E-state index contributed by atoms with van der Waals surface area (Å²) in [5, 5.41) is 13.6. The molecule has 3 aromatic carbocycles. The first-order valence-corrected chi connectivity index (χ1v) is 12.5. The molecule has 8 heteroatoms. The Kier molecular flexibility index (Phi) is 8.48. The zero-order valence-corrected chi connectivity index (χ0v) is 20.3. The lowest BCUT2D eigenvalue weighted by Crippen LogP contribution is -2.26. The van der Waals surface area contributed by atoms with Crippen LogP contribution in [0.5, 0.6) is 5.75 Å². The molecule has 1 amide bonds. The summed E-state index contributed by atoms with van der Waals surface area (Å²) in [6.07, 6.45) is 2.41. The first-order valence-electron chi connectivity index (χ1n) is 12.5. The fourth-order valence-electron chi connectivity index (χ4n) is 4.73. The molecule has 0 heterocycles. The van der Waals surface area contributed by atoms with Crippen molar-refractivity contribution in [3.05, 3.63) is 77.4 Å². The molecule has 0 aliphatic heterocycles. The molecular weight excluding hydrogens is 480 g/mol. The van der Waals surface area contributed by atoms with Crippen molar-refractivity contribution < 1.29 is 33.0 Å². The largest absolute Gasteiger partial charge is 0.487 e. The smallest absolute Gasteiger partial charge is 0.303 e. The fourth-order valence-corrected chi connectivity index (χ4v) is 4.73. The van der Waals surface area contributed by atoms with Crippen LogP contribution in [0.4, 0.5) is 8.78 Å². The molecule has 0 saturated heterocycles. The van der Waals surface area contributed by atoms with Gasteiger partial charge in [-0.3, -0.25) is 14.4 Å². The number of hydrogen-bond acceptors (Lipinski definition) is 4. The van der Waals surface area contributed by atoms with Gasteiger partial charge in [0.25, 0.3) is 5.91 Å². The van der Waals surface area contributed by atoms with E-state index in [2.05, 4.69) is 5.32 Å². The van der Waals surface area contributed by atoms with Gasteiger partial charge in [0.05, 0.1) is 11.7 Å². The number of rotatable bonds is 10. The third kappa shape index (κ3) is 6.90. The molecule has 0 atom stereocenters. The van der Waals surface area contributed by atoms with Crippen molar-refractivity contribution in [2.45, 2.75) is 51.0 Å². The van der Waals surface area contributed by atoms with E-state index < -0.39 is 23.4 Å². The van der Waals surface area contributed by atoms with E-state index in [1.54, 1.807) is 12.1 Å². The molecule has 0 unspecified atom stereocenters. The molecule has 1 saturated carbocycles.